The lowest BCUT2D eigenvalue weighted by molar-refractivity contribution is 0.601. The van der Waals surface area contributed by atoms with Crippen LogP contribution in [0.25, 0.3) is 0 Å². The highest BCUT2D eigenvalue weighted by Crippen LogP contribution is 2.35. The van der Waals surface area contributed by atoms with Gasteiger partial charge in [-0.2, -0.15) is 5.10 Å². The molecular weight excluding hydrogens is 329 g/mol. The predicted octanol–water partition coefficient (Wildman–Crippen LogP) is 3.15. The molecule has 0 saturated heterocycles. The monoisotopic (exact) mass is 339 g/mol. The second kappa shape index (κ2) is 5.32. The van der Waals surface area contributed by atoms with Gasteiger partial charge in [-0.3, -0.25) is 9.40 Å². The quantitative estimate of drug-likeness (QED) is 0.930. The van der Waals surface area contributed by atoms with Gasteiger partial charge in [-0.15, -0.1) is 11.3 Å². The maximum absolute atomic E-state index is 12.2. The van der Waals surface area contributed by atoms with E-state index in [4.69, 9.17) is 23.2 Å². The van der Waals surface area contributed by atoms with Crippen LogP contribution in [0.5, 0.6) is 0 Å². The molecule has 0 unspecified atom stereocenters. The minimum Gasteiger partial charge on any atom is -0.276 e. The second-order valence-corrected chi connectivity index (χ2v) is 7.75. The molecule has 2 aromatic rings. The number of nitrogens with zero attached hydrogens (tertiary/aromatic N) is 2. The number of anilines is 1. The van der Waals surface area contributed by atoms with Crippen molar-refractivity contribution in [3.05, 3.63) is 26.6 Å². The molecule has 2 aromatic heterocycles. The van der Waals surface area contributed by atoms with E-state index in [2.05, 4.69) is 9.82 Å². The summed E-state index contributed by atoms with van der Waals surface area (Å²) in [7, 11) is -2.02. The predicted molar refractivity (Wildman–Crippen MR) is 77.7 cm³/mol. The van der Waals surface area contributed by atoms with E-state index in [1.807, 2.05) is 6.92 Å². The molecule has 5 nitrogen and oxygen atoms in total. The molecule has 0 aliphatic carbocycles. The molecule has 0 fully saturated rings. The van der Waals surface area contributed by atoms with Crippen LogP contribution < -0.4 is 4.72 Å². The van der Waals surface area contributed by atoms with Crippen molar-refractivity contribution >= 4 is 50.2 Å². The average Bonchev–Trinajstić information content (AvgIpc) is 2.81. The third kappa shape index (κ3) is 3.05. The van der Waals surface area contributed by atoms with Crippen molar-refractivity contribution in [3.63, 3.8) is 0 Å². The first-order valence-corrected chi connectivity index (χ1v) is 8.39. The maximum Gasteiger partial charge on any atom is 0.264 e. The van der Waals surface area contributed by atoms with Crippen molar-refractivity contribution < 1.29 is 8.42 Å². The molecule has 0 atom stereocenters. The summed E-state index contributed by atoms with van der Waals surface area (Å²) in [5.74, 6) is 0. The van der Waals surface area contributed by atoms with Gasteiger partial charge < -0.3 is 0 Å². The van der Waals surface area contributed by atoms with Gasteiger partial charge in [0.2, 0.25) is 0 Å². The summed E-state index contributed by atoms with van der Waals surface area (Å²) < 4.78 is 29.0. The summed E-state index contributed by atoms with van der Waals surface area (Å²) in [4.78, 5) is -0.0185. The van der Waals surface area contributed by atoms with Gasteiger partial charge in [0.05, 0.1) is 15.7 Å². The zero-order valence-electron chi connectivity index (χ0n) is 10.1. The fraction of sp³-hybridized carbons (Fsp3) is 0.300. The van der Waals surface area contributed by atoms with Gasteiger partial charge in [-0.1, -0.05) is 30.1 Å². The molecule has 0 aromatic carbocycles. The third-order valence-electron chi connectivity index (χ3n) is 2.40. The Labute approximate surface area is 125 Å². The van der Waals surface area contributed by atoms with Crippen LogP contribution in [0.4, 0.5) is 5.69 Å². The number of sulfonamides is 1. The van der Waals surface area contributed by atoms with E-state index in [9.17, 15) is 8.42 Å². The normalized spacial score (nSPS) is 11.8. The highest BCUT2D eigenvalue weighted by molar-refractivity contribution is 7.93. The molecule has 0 bridgehead atoms. The van der Waals surface area contributed by atoms with E-state index in [1.54, 1.807) is 17.9 Å². The largest absolute Gasteiger partial charge is 0.276 e. The van der Waals surface area contributed by atoms with Crippen LogP contribution in [-0.4, -0.2) is 18.2 Å². The number of halogens is 2. The molecule has 1 N–H and O–H groups in total. The lowest BCUT2D eigenvalue weighted by atomic mass is 10.3. The molecule has 9 heteroatoms. The highest BCUT2D eigenvalue weighted by atomic mass is 35.5. The van der Waals surface area contributed by atoms with Crippen LogP contribution in [-0.2, 0) is 23.5 Å². The zero-order chi connectivity index (χ0) is 14.2. The summed E-state index contributed by atoms with van der Waals surface area (Å²) in [5.41, 5.74) is 1.12. The number of aryl methyl sites for hydroxylation is 2. The lowest BCUT2D eigenvalue weighted by Crippen LogP contribution is -2.13. The van der Waals surface area contributed by atoms with Crippen molar-refractivity contribution in [1.29, 1.82) is 0 Å². The third-order valence-corrected chi connectivity index (χ3v) is 5.52. The van der Waals surface area contributed by atoms with Crippen molar-refractivity contribution in [2.45, 2.75) is 18.2 Å². The van der Waals surface area contributed by atoms with Gasteiger partial charge in [-0.25, -0.2) is 8.42 Å². The zero-order valence-corrected chi connectivity index (χ0v) is 13.3. The molecule has 104 valence electrons. The molecule has 2 rings (SSSR count). The van der Waals surface area contributed by atoms with Crippen LogP contribution in [0, 0.1) is 0 Å². The Hall–Kier alpha value is -0.760. The summed E-state index contributed by atoms with van der Waals surface area (Å²) in [6, 6.07) is 1.33. The molecule has 0 amide bonds. The van der Waals surface area contributed by atoms with E-state index in [-0.39, 0.29) is 9.23 Å². The minimum absolute atomic E-state index is 0.0185. The molecule has 2 heterocycles. The van der Waals surface area contributed by atoms with Gasteiger partial charge in [-0.05, 0) is 12.5 Å². The summed E-state index contributed by atoms with van der Waals surface area (Å²) in [5, 5.41) is 4.17. The van der Waals surface area contributed by atoms with Crippen LogP contribution in [0.15, 0.2) is 17.2 Å². The molecular formula is C10H11Cl2N3O2S2. The fourth-order valence-electron chi connectivity index (χ4n) is 1.59. The Morgan fingerprint density at radius 1 is 1.47 bits per heavy atom. The van der Waals surface area contributed by atoms with Crippen molar-refractivity contribution in [1.82, 2.24) is 9.78 Å². The van der Waals surface area contributed by atoms with E-state index in [1.165, 1.54) is 6.07 Å². The molecule has 0 aliphatic rings. The highest BCUT2D eigenvalue weighted by Gasteiger charge is 2.22. The van der Waals surface area contributed by atoms with E-state index >= 15 is 0 Å². The number of hydrogen-bond donors (Lipinski definition) is 1. The first kappa shape index (κ1) is 14.6. The molecule has 0 spiro atoms. The van der Waals surface area contributed by atoms with E-state index in [0.717, 1.165) is 11.3 Å². The van der Waals surface area contributed by atoms with Crippen molar-refractivity contribution in [2.24, 2.45) is 7.05 Å². The lowest BCUT2D eigenvalue weighted by Gasteiger charge is -2.05. The molecule has 19 heavy (non-hydrogen) atoms. The Kier molecular flexibility index (Phi) is 4.10. The number of rotatable bonds is 4. The summed E-state index contributed by atoms with van der Waals surface area (Å²) in [6.07, 6.45) is 2.23. The second-order valence-electron chi connectivity index (χ2n) is 3.81. The number of aromatic nitrogens is 2. The van der Waals surface area contributed by atoms with Gasteiger partial charge >= 0.3 is 0 Å². The van der Waals surface area contributed by atoms with E-state index < -0.39 is 10.0 Å². The smallest absolute Gasteiger partial charge is 0.264 e. The maximum atomic E-state index is 12.2. The van der Waals surface area contributed by atoms with Gasteiger partial charge in [0.1, 0.15) is 9.23 Å². The van der Waals surface area contributed by atoms with Gasteiger partial charge in [0, 0.05) is 13.2 Å². The Balaban J connectivity index is 2.39. The van der Waals surface area contributed by atoms with Crippen LogP contribution >= 0.6 is 34.5 Å². The van der Waals surface area contributed by atoms with Crippen LogP contribution in [0.2, 0.25) is 8.67 Å². The van der Waals surface area contributed by atoms with Crippen molar-refractivity contribution in [2.75, 3.05) is 4.72 Å². The van der Waals surface area contributed by atoms with E-state index in [0.29, 0.717) is 22.1 Å². The Morgan fingerprint density at radius 3 is 2.68 bits per heavy atom. The molecule has 0 radical (unpaired) electrons. The average molecular weight is 340 g/mol. The van der Waals surface area contributed by atoms with Crippen molar-refractivity contribution in [3.8, 4) is 0 Å². The molecule has 0 saturated carbocycles. The summed E-state index contributed by atoms with van der Waals surface area (Å²) in [6.45, 7) is 1.90. The first-order chi connectivity index (χ1) is 8.83. The molecule has 0 aliphatic heterocycles. The van der Waals surface area contributed by atoms with Gasteiger partial charge in [0.25, 0.3) is 10.0 Å². The topological polar surface area (TPSA) is 64.0 Å². The SMILES string of the molecule is CCc1nn(C)cc1NS(=O)(=O)c1cc(Cl)sc1Cl. The fourth-order valence-corrected chi connectivity index (χ4v) is 4.81. The Bertz CT molecular complexity index is 706. The van der Waals surface area contributed by atoms with Crippen LogP contribution in [0.3, 0.4) is 0 Å². The summed E-state index contributed by atoms with van der Waals surface area (Å²) >= 11 is 12.6. The van der Waals surface area contributed by atoms with Gasteiger partial charge in [0.15, 0.2) is 0 Å². The van der Waals surface area contributed by atoms with Crippen LogP contribution in [0.1, 0.15) is 12.6 Å². The standard InChI is InChI=1S/C10H11Cl2N3O2S2/c1-3-6-7(5-15(2)13-6)14-19(16,17)8-4-9(11)18-10(8)12/h4-5,14H,3H2,1-2H3. The first-order valence-electron chi connectivity index (χ1n) is 5.33. The minimum atomic E-state index is -3.75. The number of hydrogen-bond acceptors (Lipinski definition) is 4. The number of nitrogens with one attached hydrogen (secondary N) is 1. The number of thiophene rings is 1. The Morgan fingerprint density at radius 2 is 2.16 bits per heavy atom.